The molecule has 0 radical (unpaired) electrons. The van der Waals surface area contributed by atoms with E-state index in [0.717, 1.165) is 26.9 Å². The van der Waals surface area contributed by atoms with E-state index < -0.39 is 0 Å². The Balaban J connectivity index is 1.84. The molecule has 0 N–H and O–H groups in total. The summed E-state index contributed by atoms with van der Waals surface area (Å²) >= 11 is 9.62. The van der Waals surface area contributed by atoms with Crippen LogP contribution >= 0.6 is 27.5 Å². The third kappa shape index (κ3) is 5.81. The largest absolute Gasteiger partial charge is 0.490 e. The number of rotatable bonds is 7. The summed E-state index contributed by atoms with van der Waals surface area (Å²) in [5, 5.41) is 0.642. The van der Waals surface area contributed by atoms with Crippen molar-refractivity contribution in [2.75, 3.05) is 6.61 Å². The average molecular weight is 477 g/mol. The topological polar surface area (TPSA) is 30.8 Å². The van der Waals surface area contributed by atoms with Crippen molar-refractivity contribution in [3.63, 3.8) is 0 Å². The van der Waals surface area contributed by atoms with Crippen LogP contribution in [0.3, 0.4) is 0 Å². The Morgan fingerprint density at radius 1 is 1.07 bits per heavy atom. The normalized spacial score (nSPS) is 11.1. The molecule has 150 valence electrons. The SMILES string of the molecule is CCOc1cc(C=Nc2cc(Cl)ccc2C)cc(Br)c1OCc1ccc(F)cc1. The van der Waals surface area contributed by atoms with Crippen molar-refractivity contribution >= 4 is 39.4 Å². The van der Waals surface area contributed by atoms with Gasteiger partial charge in [-0.2, -0.15) is 0 Å². The van der Waals surface area contributed by atoms with Crippen molar-refractivity contribution in [2.45, 2.75) is 20.5 Å². The van der Waals surface area contributed by atoms with Gasteiger partial charge in [0.1, 0.15) is 12.4 Å². The number of aryl methyl sites for hydroxylation is 1. The fourth-order valence-corrected chi connectivity index (χ4v) is 3.41. The third-order valence-corrected chi connectivity index (χ3v) is 4.98. The Kier molecular flexibility index (Phi) is 7.29. The molecule has 3 nitrogen and oxygen atoms in total. The number of nitrogens with zero attached hydrogens (tertiary/aromatic N) is 1. The highest BCUT2D eigenvalue weighted by Gasteiger charge is 2.12. The van der Waals surface area contributed by atoms with E-state index in [1.165, 1.54) is 12.1 Å². The van der Waals surface area contributed by atoms with E-state index in [-0.39, 0.29) is 5.82 Å². The maximum atomic E-state index is 13.1. The second-order valence-electron chi connectivity index (χ2n) is 6.37. The second-order valence-corrected chi connectivity index (χ2v) is 7.66. The smallest absolute Gasteiger partial charge is 0.175 e. The molecule has 0 aromatic heterocycles. The van der Waals surface area contributed by atoms with Gasteiger partial charge in [-0.3, -0.25) is 4.99 Å². The zero-order valence-corrected chi connectivity index (χ0v) is 18.4. The lowest BCUT2D eigenvalue weighted by molar-refractivity contribution is 0.267. The summed E-state index contributed by atoms with van der Waals surface area (Å²) in [6, 6.07) is 15.6. The van der Waals surface area contributed by atoms with E-state index in [0.29, 0.717) is 29.7 Å². The summed E-state index contributed by atoms with van der Waals surface area (Å²) < 4.78 is 25.5. The van der Waals surface area contributed by atoms with Crippen LogP contribution in [0.25, 0.3) is 0 Å². The van der Waals surface area contributed by atoms with Crippen LogP contribution in [-0.4, -0.2) is 12.8 Å². The Labute approximate surface area is 183 Å². The minimum absolute atomic E-state index is 0.275. The molecule has 0 fully saturated rings. The summed E-state index contributed by atoms with van der Waals surface area (Å²) in [7, 11) is 0. The van der Waals surface area contributed by atoms with Crippen molar-refractivity contribution in [3.05, 3.63) is 86.6 Å². The minimum atomic E-state index is -0.275. The number of benzene rings is 3. The molecular weight excluding hydrogens is 457 g/mol. The van der Waals surface area contributed by atoms with E-state index in [2.05, 4.69) is 20.9 Å². The lowest BCUT2D eigenvalue weighted by Crippen LogP contribution is -2.01. The van der Waals surface area contributed by atoms with E-state index >= 15 is 0 Å². The Morgan fingerprint density at radius 2 is 1.83 bits per heavy atom. The molecule has 6 heteroatoms. The number of ether oxygens (including phenoxy) is 2. The zero-order valence-electron chi connectivity index (χ0n) is 16.1. The lowest BCUT2D eigenvalue weighted by atomic mass is 10.2. The van der Waals surface area contributed by atoms with Gasteiger partial charge in [0.05, 0.1) is 16.8 Å². The number of hydrogen-bond donors (Lipinski definition) is 0. The van der Waals surface area contributed by atoms with E-state index in [9.17, 15) is 4.39 Å². The van der Waals surface area contributed by atoms with Gasteiger partial charge in [0.25, 0.3) is 0 Å². The molecule has 0 aliphatic heterocycles. The molecule has 0 heterocycles. The first kappa shape index (κ1) is 21.3. The Bertz CT molecular complexity index is 1020. The van der Waals surface area contributed by atoms with Gasteiger partial charge >= 0.3 is 0 Å². The van der Waals surface area contributed by atoms with Crippen molar-refractivity contribution in [1.29, 1.82) is 0 Å². The monoisotopic (exact) mass is 475 g/mol. The zero-order chi connectivity index (χ0) is 20.8. The summed E-state index contributed by atoms with van der Waals surface area (Å²) in [6.45, 7) is 4.69. The minimum Gasteiger partial charge on any atom is -0.490 e. The van der Waals surface area contributed by atoms with Crippen LogP contribution in [0.15, 0.2) is 64.1 Å². The second kappa shape index (κ2) is 9.90. The van der Waals surface area contributed by atoms with Gasteiger partial charge in [-0.05, 0) is 82.9 Å². The molecule has 3 aromatic carbocycles. The summed E-state index contributed by atoms with van der Waals surface area (Å²) in [5.41, 5.74) is 3.56. The molecule has 3 rings (SSSR count). The van der Waals surface area contributed by atoms with Gasteiger partial charge in [0.15, 0.2) is 11.5 Å². The molecule has 0 saturated heterocycles. The van der Waals surface area contributed by atoms with Crippen molar-refractivity contribution in [2.24, 2.45) is 4.99 Å². The highest BCUT2D eigenvalue weighted by atomic mass is 79.9. The molecule has 0 amide bonds. The summed E-state index contributed by atoms with van der Waals surface area (Å²) in [6.07, 6.45) is 1.76. The van der Waals surface area contributed by atoms with Gasteiger partial charge < -0.3 is 9.47 Å². The molecule has 0 saturated carbocycles. The van der Waals surface area contributed by atoms with Crippen LogP contribution in [-0.2, 0) is 6.61 Å². The lowest BCUT2D eigenvalue weighted by Gasteiger charge is -2.15. The number of aliphatic imine (C=N–C) groups is 1. The predicted octanol–water partition coefficient (Wildman–Crippen LogP) is 7.28. The van der Waals surface area contributed by atoms with Crippen LogP contribution in [0.5, 0.6) is 11.5 Å². The molecule has 0 aliphatic rings. The molecule has 0 spiro atoms. The summed E-state index contributed by atoms with van der Waals surface area (Å²) in [4.78, 5) is 4.55. The van der Waals surface area contributed by atoms with Crippen LogP contribution < -0.4 is 9.47 Å². The van der Waals surface area contributed by atoms with Gasteiger partial charge in [-0.25, -0.2) is 4.39 Å². The van der Waals surface area contributed by atoms with Gasteiger partial charge in [0, 0.05) is 11.2 Å². The van der Waals surface area contributed by atoms with E-state index in [4.69, 9.17) is 21.1 Å². The number of hydrogen-bond acceptors (Lipinski definition) is 3. The van der Waals surface area contributed by atoms with Crippen molar-refractivity contribution in [1.82, 2.24) is 0 Å². The standard InChI is InChI=1S/C23H20BrClFNO2/c1-3-28-22-11-17(13-27-21-12-18(25)7-4-15(21)2)10-20(24)23(22)29-14-16-5-8-19(26)9-6-16/h4-13H,3,14H2,1-2H3. The fraction of sp³-hybridized carbons (Fsp3) is 0.174. The van der Waals surface area contributed by atoms with Crippen LogP contribution in [0.4, 0.5) is 10.1 Å². The molecule has 0 atom stereocenters. The fourth-order valence-electron chi connectivity index (χ4n) is 2.67. The third-order valence-electron chi connectivity index (χ3n) is 4.15. The summed E-state index contributed by atoms with van der Waals surface area (Å²) in [5.74, 6) is 0.920. The van der Waals surface area contributed by atoms with Crippen LogP contribution in [0.1, 0.15) is 23.6 Å². The maximum Gasteiger partial charge on any atom is 0.175 e. The molecule has 0 unspecified atom stereocenters. The van der Waals surface area contributed by atoms with Gasteiger partial charge in [-0.1, -0.05) is 29.8 Å². The molecular formula is C23H20BrClFNO2. The van der Waals surface area contributed by atoms with Gasteiger partial charge in [-0.15, -0.1) is 0 Å². The highest BCUT2D eigenvalue weighted by molar-refractivity contribution is 9.10. The Morgan fingerprint density at radius 3 is 2.55 bits per heavy atom. The maximum absolute atomic E-state index is 13.1. The van der Waals surface area contributed by atoms with Gasteiger partial charge in [0.2, 0.25) is 0 Å². The Hall–Kier alpha value is -2.37. The molecule has 0 aliphatic carbocycles. The van der Waals surface area contributed by atoms with Crippen molar-refractivity contribution < 1.29 is 13.9 Å². The quantitative estimate of drug-likeness (QED) is 0.335. The first-order chi connectivity index (χ1) is 14.0. The van der Waals surface area contributed by atoms with Crippen LogP contribution in [0, 0.1) is 12.7 Å². The molecule has 29 heavy (non-hydrogen) atoms. The van der Waals surface area contributed by atoms with E-state index in [1.54, 1.807) is 18.3 Å². The van der Waals surface area contributed by atoms with Crippen LogP contribution in [0.2, 0.25) is 5.02 Å². The predicted molar refractivity (Wildman–Crippen MR) is 119 cm³/mol. The first-order valence-corrected chi connectivity index (χ1v) is 10.3. The van der Waals surface area contributed by atoms with Crippen molar-refractivity contribution in [3.8, 4) is 11.5 Å². The van der Waals surface area contributed by atoms with E-state index in [1.807, 2.05) is 44.2 Å². The molecule has 3 aromatic rings. The number of halogens is 3. The first-order valence-electron chi connectivity index (χ1n) is 9.10. The highest BCUT2D eigenvalue weighted by Crippen LogP contribution is 2.37. The molecule has 0 bridgehead atoms. The average Bonchev–Trinajstić information content (AvgIpc) is 2.69.